The van der Waals surface area contributed by atoms with E-state index in [1.54, 1.807) is 0 Å². The summed E-state index contributed by atoms with van der Waals surface area (Å²) in [4.78, 5) is 27.4. The summed E-state index contributed by atoms with van der Waals surface area (Å²) >= 11 is 0. The lowest BCUT2D eigenvalue weighted by Gasteiger charge is -2.42. The Morgan fingerprint density at radius 1 is 1.08 bits per heavy atom. The fourth-order valence-corrected chi connectivity index (χ4v) is 3.47. The van der Waals surface area contributed by atoms with E-state index in [0.717, 1.165) is 12.8 Å². The second-order valence-electron chi connectivity index (χ2n) is 7.24. The molecule has 0 radical (unpaired) electrons. The van der Waals surface area contributed by atoms with Crippen molar-refractivity contribution in [1.82, 2.24) is 10.2 Å². The summed E-state index contributed by atoms with van der Waals surface area (Å²) in [5.74, 6) is 0.00491. The quantitative estimate of drug-likeness (QED) is 0.897. The van der Waals surface area contributed by atoms with Crippen LogP contribution in [0.3, 0.4) is 0 Å². The zero-order valence-corrected chi connectivity index (χ0v) is 15.4. The molecule has 1 saturated heterocycles. The molecule has 0 bridgehead atoms. The Hall–Kier alpha value is -2.62. The second kappa shape index (κ2) is 8.17. The molecule has 0 spiro atoms. The van der Waals surface area contributed by atoms with Gasteiger partial charge < -0.3 is 10.2 Å². The number of benzene rings is 2. The van der Waals surface area contributed by atoms with Crippen LogP contribution in [-0.4, -0.2) is 29.4 Å². The van der Waals surface area contributed by atoms with Crippen LogP contribution in [0.2, 0.25) is 0 Å². The highest BCUT2D eigenvalue weighted by atomic mass is 16.2. The molecule has 1 N–H and O–H groups in total. The number of nitrogens with zero attached hydrogens (tertiary/aromatic N) is 1. The van der Waals surface area contributed by atoms with Crippen molar-refractivity contribution in [2.75, 3.05) is 6.54 Å². The van der Waals surface area contributed by atoms with E-state index in [0.29, 0.717) is 12.1 Å². The highest BCUT2D eigenvalue weighted by Crippen LogP contribution is 2.23. The Labute approximate surface area is 155 Å². The monoisotopic (exact) mass is 350 g/mol. The predicted molar refractivity (Wildman–Crippen MR) is 103 cm³/mol. The Morgan fingerprint density at radius 3 is 2.31 bits per heavy atom. The molecule has 0 saturated carbocycles. The average Bonchev–Trinajstić information content (AvgIpc) is 2.67. The molecule has 1 aliphatic rings. The minimum Gasteiger partial charge on any atom is -0.335 e. The first-order chi connectivity index (χ1) is 12.6. The molecule has 2 aromatic carbocycles. The molecule has 26 heavy (non-hydrogen) atoms. The van der Waals surface area contributed by atoms with Gasteiger partial charge in [0.2, 0.25) is 5.91 Å². The molecule has 2 amide bonds. The molecule has 4 nitrogen and oxygen atoms in total. The van der Waals surface area contributed by atoms with Crippen LogP contribution in [0, 0.1) is 11.8 Å². The molecule has 4 heteroatoms. The minimum atomic E-state index is -0.261. The first-order valence-electron chi connectivity index (χ1n) is 9.26. The van der Waals surface area contributed by atoms with Gasteiger partial charge in [0, 0.05) is 12.1 Å². The number of aryl methyl sites for hydroxylation is 1. The van der Waals surface area contributed by atoms with Crippen LogP contribution in [0.4, 0.5) is 0 Å². The van der Waals surface area contributed by atoms with Gasteiger partial charge in [-0.05, 0) is 36.5 Å². The van der Waals surface area contributed by atoms with Crippen LogP contribution in [0.15, 0.2) is 60.7 Å². The van der Waals surface area contributed by atoms with E-state index in [1.165, 1.54) is 5.56 Å². The molecular formula is C22H26N2O2. The highest BCUT2D eigenvalue weighted by Gasteiger charge is 2.37. The Balaban J connectivity index is 1.75. The van der Waals surface area contributed by atoms with Gasteiger partial charge in [-0.2, -0.15) is 0 Å². The molecule has 3 rings (SSSR count). The average molecular weight is 350 g/mol. The van der Waals surface area contributed by atoms with Gasteiger partial charge >= 0.3 is 0 Å². The van der Waals surface area contributed by atoms with Crippen LogP contribution >= 0.6 is 0 Å². The number of nitrogens with one attached hydrogen (secondary N) is 1. The predicted octanol–water partition coefficient (Wildman–Crippen LogP) is 3.49. The summed E-state index contributed by atoms with van der Waals surface area (Å²) in [6.07, 6.45) is 1.31. The zero-order valence-electron chi connectivity index (χ0n) is 15.4. The van der Waals surface area contributed by atoms with Crippen molar-refractivity contribution in [3.05, 3.63) is 71.8 Å². The molecular weight excluding hydrogens is 324 g/mol. The summed E-state index contributed by atoms with van der Waals surface area (Å²) < 4.78 is 0. The van der Waals surface area contributed by atoms with Crippen LogP contribution < -0.4 is 5.32 Å². The lowest BCUT2D eigenvalue weighted by Crippen LogP contribution is -2.61. The number of amides is 2. The third-order valence-corrected chi connectivity index (χ3v) is 4.95. The van der Waals surface area contributed by atoms with E-state index in [1.807, 2.05) is 67.3 Å². The van der Waals surface area contributed by atoms with Crippen LogP contribution in [-0.2, 0) is 11.2 Å². The molecule has 1 fully saturated rings. The number of hydrogen-bond acceptors (Lipinski definition) is 2. The fraction of sp³-hybridized carbons (Fsp3) is 0.364. The standard InChI is InChI=1S/C22H26N2O2/c1-16(2)20-23-21(25)19(14-13-17-9-5-3-6-10-17)15-24(20)22(26)18-11-7-4-8-12-18/h3-12,16,19-20H,13-15H2,1-2H3,(H,23,25)/t19-,20-/m0/s1. The summed E-state index contributed by atoms with van der Waals surface area (Å²) in [5, 5.41) is 3.07. The summed E-state index contributed by atoms with van der Waals surface area (Å²) in [6, 6.07) is 19.5. The second-order valence-corrected chi connectivity index (χ2v) is 7.24. The van der Waals surface area contributed by atoms with Gasteiger partial charge in [0.05, 0.1) is 5.92 Å². The van der Waals surface area contributed by atoms with Crippen molar-refractivity contribution in [3.63, 3.8) is 0 Å². The molecule has 0 aliphatic carbocycles. The third-order valence-electron chi connectivity index (χ3n) is 4.95. The van der Waals surface area contributed by atoms with Crippen molar-refractivity contribution < 1.29 is 9.59 Å². The van der Waals surface area contributed by atoms with Gasteiger partial charge in [0.15, 0.2) is 0 Å². The molecule has 2 aromatic rings. The van der Waals surface area contributed by atoms with Crippen LogP contribution in [0.5, 0.6) is 0 Å². The topological polar surface area (TPSA) is 49.4 Å². The Bertz CT molecular complexity index is 743. The van der Waals surface area contributed by atoms with Gasteiger partial charge in [-0.15, -0.1) is 0 Å². The van der Waals surface area contributed by atoms with Crippen molar-refractivity contribution in [2.24, 2.45) is 11.8 Å². The molecule has 136 valence electrons. The maximum absolute atomic E-state index is 13.0. The first-order valence-corrected chi connectivity index (χ1v) is 9.26. The van der Waals surface area contributed by atoms with Gasteiger partial charge in [0.1, 0.15) is 6.17 Å². The normalized spacial score (nSPS) is 20.1. The first kappa shape index (κ1) is 18.2. The van der Waals surface area contributed by atoms with E-state index < -0.39 is 0 Å². The number of hydrogen-bond donors (Lipinski definition) is 1. The van der Waals surface area contributed by atoms with E-state index in [2.05, 4.69) is 17.4 Å². The summed E-state index contributed by atoms with van der Waals surface area (Å²) in [7, 11) is 0. The molecule has 1 aliphatic heterocycles. The van der Waals surface area contributed by atoms with Gasteiger partial charge in [-0.1, -0.05) is 62.4 Å². The van der Waals surface area contributed by atoms with Gasteiger partial charge in [0.25, 0.3) is 5.91 Å². The molecule has 2 atom stereocenters. The Morgan fingerprint density at radius 2 is 1.69 bits per heavy atom. The lowest BCUT2D eigenvalue weighted by atomic mass is 9.93. The van der Waals surface area contributed by atoms with Crippen molar-refractivity contribution >= 4 is 11.8 Å². The fourth-order valence-electron chi connectivity index (χ4n) is 3.47. The number of rotatable bonds is 5. The molecule has 0 unspecified atom stereocenters. The van der Waals surface area contributed by atoms with E-state index in [4.69, 9.17) is 0 Å². The van der Waals surface area contributed by atoms with Crippen molar-refractivity contribution in [2.45, 2.75) is 32.9 Å². The minimum absolute atomic E-state index is 0.0194. The van der Waals surface area contributed by atoms with E-state index >= 15 is 0 Å². The summed E-state index contributed by atoms with van der Waals surface area (Å²) in [6.45, 7) is 4.52. The van der Waals surface area contributed by atoms with Gasteiger partial charge in [-0.3, -0.25) is 9.59 Å². The zero-order chi connectivity index (χ0) is 18.5. The number of carbonyl (C=O) groups excluding carboxylic acids is 2. The Kier molecular flexibility index (Phi) is 5.71. The van der Waals surface area contributed by atoms with Crippen LogP contribution in [0.25, 0.3) is 0 Å². The molecule has 0 aromatic heterocycles. The van der Waals surface area contributed by atoms with Crippen molar-refractivity contribution in [3.8, 4) is 0 Å². The maximum atomic E-state index is 13.0. The van der Waals surface area contributed by atoms with Crippen molar-refractivity contribution in [1.29, 1.82) is 0 Å². The third kappa shape index (κ3) is 4.13. The van der Waals surface area contributed by atoms with E-state index in [-0.39, 0.29) is 29.8 Å². The van der Waals surface area contributed by atoms with Gasteiger partial charge in [-0.25, -0.2) is 0 Å². The smallest absolute Gasteiger partial charge is 0.255 e. The highest BCUT2D eigenvalue weighted by molar-refractivity contribution is 5.95. The van der Waals surface area contributed by atoms with Crippen LogP contribution in [0.1, 0.15) is 36.2 Å². The molecule has 1 heterocycles. The number of carbonyl (C=O) groups is 2. The van der Waals surface area contributed by atoms with E-state index in [9.17, 15) is 9.59 Å². The summed E-state index contributed by atoms with van der Waals surface area (Å²) in [5.41, 5.74) is 1.88. The largest absolute Gasteiger partial charge is 0.335 e. The lowest BCUT2D eigenvalue weighted by molar-refractivity contribution is -0.132. The maximum Gasteiger partial charge on any atom is 0.255 e. The SMILES string of the molecule is CC(C)[C@H]1NC(=O)[C@@H](CCc2ccccc2)CN1C(=O)c1ccccc1.